The lowest BCUT2D eigenvalue weighted by Crippen LogP contribution is -2.55. The first-order valence-corrected chi connectivity index (χ1v) is 11.3. The molecule has 0 unspecified atom stereocenters. The first kappa shape index (κ1) is 30.3. The van der Waals surface area contributed by atoms with Gasteiger partial charge in [0.25, 0.3) is 0 Å². The van der Waals surface area contributed by atoms with Crippen molar-refractivity contribution in [3.8, 4) is 0 Å². The smallest absolute Gasteiger partial charge is 0.341 e. The van der Waals surface area contributed by atoms with E-state index < -0.39 is 46.7 Å². The lowest BCUT2D eigenvalue weighted by molar-refractivity contribution is -0.238. The molecule has 0 aromatic heterocycles. The van der Waals surface area contributed by atoms with E-state index in [-0.39, 0.29) is 12.8 Å². The third-order valence-corrected chi connectivity index (χ3v) is 4.13. The maximum atomic E-state index is 13.0. The van der Waals surface area contributed by atoms with Gasteiger partial charge in [-0.15, -0.1) is 5.06 Å². The number of unbranched alkanes of at least 4 members (excludes halogenated alkanes) is 1. The molecule has 0 bridgehead atoms. The van der Waals surface area contributed by atoms with Crippen LogP contribution < -0.4 is 11.5 Å². The standard InChI is InChI=1S/C23H45N3O6/c1-21(2,3)26(17(12-10-11-15-24)20(29)31-23(7,8)9)32-19(28)16(25)13-14-18(27)30-22(4,5)6/h16-17H,10-15,24-25H2,1-9H3/t16-,17-/m0/s1. The number of carbonyl (C=O) groups is 3. The lowest BCUT2D eigenvalue weighted by atomic mass is 10.0. The molecule has 2 atom stereocenters. The quantitative estimate of drug-likeness (QED) is 0.272. The van der Waals surface area contributed by atoms with Crippen LogP contribution in [0.4, 0.5) is 0 Å². The van der Waals surface area contributed by atoms with Gasteiger partial charge in [0.2, 0.25) is 0 Å². The van der Waals surface area contributed by atoms with Crippen molar-refractivity contribution in [1.82, 2.24) is 5.06 Å². The summed E-state index contributed by atoms with van der Waals surface area (Å²) in [6.45, 7) is 16.6. The molecule has 0 amide bonds. The largest absolute Gasteiger partial charge is 0.460 e. The number of esters is 2. The molecule has 0 radical (unpaired) electrons. The fourth-order valence-corrected chi connectivity index (χ4v) is 2.80. The fraction of sp³-hybridized carbons (Fsp3) is 0.870. The number of rotatable bonds is 11. The molecule has 0 rings (SSSR count). The van der Waals surface area contributed by atoms with Crippen molar-refractivity contribution in [3.63, 3.8) is 0 Å². The molecule has 0 saturated heterocycles. The Kier molecular flexibility index (Phi) is 11.8. The molecule has 0 aliphatic rings. The van der Waals surface area contributed by atoms with Crippen LogP contribution in [0.25, 0.3) is 0 Å². The third kappa shape index (κ3) is 13.0. The van der Waals surface area contributed by atoms with Gasteiger partial charge in [-0.25, -0.2) is 4.79 Å². The number of carbonyl (C=O) groups excluding carboxylic acids is 3. The number of ether oxygens (including phenoxy) is 2. The summed E-state index contributed by atoms with van der Waals surface area (Å²) in [7, 11) is 0. The van der Waals surface area contributed by atoms with Gasteiger partial charge in [0.05, 0.1) is 0 Å². The summed E-state index contributed by atoms with van der Waals surface area (Å²) in [5.74, 6) is -1.66. The Bertz CT molecular complexity index is 617. The van der Waals surface area contributed by atoms with Crippen molar-refractivity contribution in [2.75, 3.05) is 6.54 Å². The minimum atomic E-state index is -1.05. The summed E-state index contributed by atoms with van der Waals surface area (Å²) in [6, 6.07) is -1.86. The maximum Gasteiger partial charge on any atom is 0.341 e. The molecular formula is C23H45N3O6. The van der Waals surface area contributed by atoms with Crippen molar-refractivity contribution in [1.29, 1.82) is 0 Å². The average Bonchev–Trinajstić information content (AvgIpc) is 2.57. The zero-order valence-electron chi connectivity index (χ0n) is 21.4. The van der Waals surface area contributed by atoms with E-state index in [4.69, 9.17) is 25.8 Å². The summed E-state index contributed by atoms with van der Waals surface area (Å²) in [5, 5.41) is 1.35. The van der Waals surface area contributed by atoms with Crippen LogP contribution in [0.1, 0.15) is 94.4 Å². The minimum absolute atomic E-state index is 0.0188. The molecule has 0 heterocycles. The average molecular weight is 460 g/mol. The van der Waals surface area contributed by atoms with Gasteiger partial charge in [-0.1, -0.05) is 0 Å². The molecule has 32 heavy (non-hydrogen) atoms. The Morgan fingerprint density at radius 2 is 1.34 bits per heavy atom. The van der Waals surface area contributed by atoms with Crippen molar-refractivity contribution in [2.24, 2.45) is 11.5 Å². The number of hydrogen-bond acceptors (Lipinski definition) is 9. The van der Waals surface area contributed by atoms with Crippen LogP contribution in [-0.4, -0.2) is 58.3 Å². The second-order valence-corrected chi connectivity index (χ2v) is 11.0. The van der Waals surface area contributed by atoms with E-state index in [2.05, 4.69) is 0 Å². The fourth-order valence-electron chi connectivity index (χ4n) is 2.80. The molecule has 0 fully saturated rings. The first-order valence-electron chi connectivity index (χ1n) is 11.3. The molecule has 9 heteroatoms. The molecular weight excluding hydrogens is 414 g/mol. The zero-order chi connectivity index (χ0) is 25.3. The van der Waals surface area contributed by atoms with Crippen LogP contribution in [0.5, 0.6) is 0 Å². The summed E-state index contributed by atoms with van der Waals surface area (Å²) in [6.07, 6.45) is 1.84. The van der Waals surface area contributed by atoms with E-state index in [1.807, 2.05) is 20.8 Å². The van der Waals surface area contributed by atoms with Crippen molar-refractivity contribution >= 4 is 17.9 Å². The summed E-state index contributed by atoms with van der Waals surface area (Å²) >= 11 is 0. The van der Waals surface area contributed by atoms with Crippen molar-refractivity contribution in [2.45, 2.75) is 123 Å². The van der Waals surface area contributed by atoms with Crippen LogP contribution >= 0.6 is 0 Å². The predicted octanol–water partition coefficient (Wildman–Crippen LogP) is 2.83. The summed E-state index contributed by atoms with van der Waals surface area (Å²) < 4.78 is 10.8. The van der Waals surface area contributed by atoms with E-state index >= 15 is 0 Å². The highest BCUT2D eigenvalue weighted by molar-refractivity contribution is 5.79. The van der Waals surface area contributed by atoms with Gasteiger partial charge in [0, 0.05) is 12.0 Å². The molecule has 188 valence electrons. The van der Waals surface area contributed by atoms with Crippen LogP contribution in [0.15, 0.2) is 0 Å². The minimum Gasteiger partial charge on any atom is -0.460 e. The van der Waals surface area contributed by atoms with Crippen molar-refractivity contribution < 1.29 is 28.7 Å². The lowest BCUT2D eigenvalue weighted by Gasteiger charge is -2.39. The van der Waals surface area contributed by atoms with Gasteiger partial charge in [-0.2, -0.15) is 0 Å². The van der Waals surface area contributed by atoms with E-state index in [0.717, 1.165) is 6.42 Å². The molecule has 0 spiro atoms. The van der Waals surface area contributed by atoms with E-state index in [1.54, 1.807) is 41.5 Å². The molecule has 0 saturated carbocycles. The summed E-state index contributed by atoms with van der Waals surface area (Å²) in [4.78, 5) is 43.2. The Morgan fingerprint density at radius 1 is 0.812 bits per heavy atom. The van der Waals surface area contributed by atoms with Crippen molar-refractivity contribution in [3.05, 3.63) is 0 Å². The Hall–Kier alpha value is -1.71. The second kappa shape index (κ2) is 12.5. The third-order valence-electron chi connectivity index (χ3n) is 4.13. The van der Waals surface area contributed by atoms with E-state index in [0.29, 0.717) is 19.4 Å². The maximum absolute atomic E-state index is 13.0. The van der Waals surface area contributed by atoms with Crippen LogP contribution in [0.3, 0.4) is 0 Å². The number of hydroxylamine groups is 2. The Morgan fingerprint density at radius 3 is 1.78 bits per heavy atom. The summed E-state index contributed by atoms with van der Waals surface area (Å²) in [5.41, 5.74) is 9.57. The van der Waals surface area contributed by atoms with Crippen LogP contribution in [0, 0.1) is 0 Å². The van der Waals surface area contributed by atoms with Gasteiger partial charge >= 0.3 is 17.9 Å². The Labute approximate surface area is 193 Å². The van der Waals surface area contributed by atoms with Gasteiger partial charge in [-0.3, -0.25) is 9.59 Å². The van der Waals surface area contributed by atoms with Gasteiger partial charge in [-0.05, 0) is 94.5 Å². The number of nitrogens with two attached hydrogens (primary N) is 2. The van der Waals surface area contributed by atoms with Gasteiger partial charge in [0.15, 0.2) is 0 Å². The number of nitrogens with zero attached hydrogens (tertiary/aromatic N) is 1. The van der Waals surface area contributed by atoms with E-state index in [9.17, 15) is 14.4 Å². The molecule has 0 aromatic rings. The monoisotopic (exact) mass is 459 g/mol. The van der Waals surface area contributed by atoms with Crippen LogP contribution in [0.2, 0.25) is 0 Å². The van der Waals surface area contributed by atoms with Gasteiger partial charge in [0.1, 0.15) is 23.3 Å². The SMILES string of the molecule is CC(C)(C)OC(=O)CC[C@H](N)C(=O)ON([C@@H](CCCCN)C(=O)OC(C)(C)C)C(C)(C)C. The molecule has 0 aromatic carbocycles. The topological polar surface area (TPSA) is 134 Å². The number of hydrogen-bond donors (Lipinski definition) is 2. The normalized spacial score (nSPS) is 14.6. The molecule has 0 aliphatic carbocycles. The van der Waals surface area contributed by atoms with E-state index in [1.165, 1.54) is 5.06 Å². The highest BCUT2D eigenvalue weighted by Crippen LogP contribution is 2.24. The molecule has 9 nitrogen and oxygen atoms in total. The molecule has 4 N–H and O–H groups in total. The predicted molar refractivity (Wildman–Crippen MR) is 123 cm³/mol. The van der Waals surface area contributed by atoms with Crippen LogP contribution in [-0.2, 0) is 28.7 Å². The Balaban J connectivity index is 5.41. The molecule has 0 aliphatic heterocycles. The zero-order valence-corrected chi connectivity index (χ0v) is 21.4. The second-order valence-electron chi connectivity index (χ2n) is 11.0. The first-order chi connectivity index (χ1) is 14.4. The van der Waals surface area contributed by atoms with Gasteiger partial charge < -0.3 is 25.8 Å². The highest BCUT2D eigenvalue weighted by atomic mass is 16.7. The highest BCUT2D eigenvalue weighted by Gasteiger charge is 2.40.